The van der Waals surface area contributed by atoms with E-state index >= 15 is 0 Å². The number of nitrogens with zero attached hydrogens (tertiary/aromatic N) is 1. The van der Waals surface area contributed by atoms with Crippen molar-refractivity contribution in [2.75, 3.05) is 6.54 Å². The summed E-state index contributed by atoms with van der Waals surface area (Å²) >= 11 is 13.1. The summed E-state index contributed by atoms with van der Waals surface area (Å²) in [5.41, 5.74) is 1.16. The average molecular weight is 456 g/mol. The fraction of sp³-hybridized carbons (Fsp3) is 0.105. The number of carboxylic acids is 1. The van der Waals surface area contributed by atoms with E-state index in [2.05, 4.69) is 0 Å². The maximum absolute atomic E-state index is 13.0. The van der Waals surface area contributed by atoms with Crippen molar-refractivity contribution in [2.24, 2.45) is 0 Å². The number of halogens is 3. The molecule has 2 amide bonds. The molecule has 0 bridgehead atoms. The Morgan fingerprint density at radius 1 is 1.17 bits per heavy atom. The molecule has 1 N–H and O–H groups in total. The molecular formula is C19H12Cl2FNO5S. The number of carbonyl (C=O) groups excluding carboxylic acids is 2. The lowest BCUT2D eigenvalue weighted by molar-refractivity contribution is -0.140. The third kappa shape index (κ3) is 5.09. The first kappa shape index (κ1) is 21.2. The average Bonchev–Trinajstić information content (AvgIpc) is 2.89. The Labute approximate surface area is 178 Å². The van der Waals surface area contributed by atoms with Gasteiger partial charge in [-0.25, -0.2) is 4.39 Å². The number of benzene rings is 2. The third-order valence-electron chi connectivity index (χ3n) is 3.78. The molecule has 0 aromatic heterocycles. The Morgan fingerprint density at radius 2 is 1.79 bits per heavy atom. The second-order valence-electron chi connectivity index (χ2n) is 5.89. The molecule has 1 aliphatic rings. The summed E-state index contributed by atoms with van der Waals surface area (Å²) in [6, 6.07) is 8.75. The topological polar surface area (TPSA) is 83.9 Å². The predicted molar refractivity (Wildman–Crippen MR) is 108 cm³/mol. The normalized spacial score (nSPS) is 15.3. The summed E-state index contributed by atoms with van der Waals surface area (Å²) in [5.74, 6) is -2.13. The van der Waals surface area contributed by atoms with Crippen LogP contribution in [-0.4, -0.2) is 33.7 Å². The van der Waals surface area contributed by atoms with Crippen LogP contribution in [0.5, 0.6) is 5.75 Å². The van der Waals surface area contributed by atoms with E-state index in [0.717, 1.165) is 5.56 Å². The van der Waals surface area contributed by atoms with Crippen LogP contribution < -0.4 is 4.74 Å². The number of carboxylic acid groups (broad SMARTS) is 1. The Hall–Kier alpha value is -2.55. The summed E-state index contributed by atoms with van der Waals surface area (Å²) in [5, 5.41) is 8.48. The van der Waals surface area contributed by atoms with E-state index in [4.69, 9.17) is 33.0 Å². The van der Waals surface area contributed by atoms with Crippen molar-refractivity contribution in [2.45, 2.75) is 6.61 Å². The monoisotopic (exact) mass is 455 g/mol. The van der Waals surface area contributed by atoms with Crippen LogP contribution in [0.3, 0.4) is 0 Å². The summed E-state index contributed by atoms with van der Waals surface area (Å²) in [7, 11) is 0. The second kappa shape index (κ2) is 8.86. The highest BCUT2D eigenvalue weighted by Crippen LogP contribution is 2.37. The number of hydrogen-bond donors (Lipinski definition) is 1. The van der Waals surface area contributed by atoms with Crippen molar-refractivity contribution in [3.63, 3.8) is 0 Å². The molecule has 1 saturated heterocycles. The summed E-state index contributed by atoms with van der Waals surface area (Å²) < 4.78 is 18.6. The van der Waals surface area contributed by atoms with Crippen LogP contribution in [0.2, 0.25) is 10.0 Å². The van der Waals surface area contributed by atoms with Gasteiger partial charge in [0, 0.05) is 0 Å². The Balaban J connectivity index is 1.77. The minimum Gasteiger partial charge on any atom is -0.486 e. The van der Waals surface area contributed by atoms with E-state index < -0.39 is 23.7 Å². The first-order valence-corrected chi connectivity index (χ1v) is 9.65. The SMILES string of the molecule is O=C(O)CN1C(=O)S/C(=C/c2cc(Cl)c(OCc3ccc(F)cc3)c(Cl)c2)C1=O. The number of ether oxygens (including phenoxy) is 1. The standard InChI is InChI=1S/C19H12Cl2FNO5S/c20-13-5-11(7-15-18(26)23(8-16(24)25)19(27)29-15)6-14(21)17(13)28-9-10-1-3-12(22)4-2-10/h1-7H,8-9H2,(H,24,25)/b15-7+. The molecule has 0 aliphatic carbocycles. The molecular weight excluding hydrogens is 444 g/mol. The van der Waals surface area contributed by atoms with Gasteiger partial charge in [0.05, 0.1) is 15.0 Å². The minimum absolute atomic E-state index is 0.0587. The number of rotatable bonds is 6. The van der Waals surface area contributed by atoms with Gasteiger partial charge < -0.3 is 9.84 Å². The molecule has 6 nitrogen and oxygen atoms in total. The molecule has 0 spiro atoms. The number of carbonyl (C=O) groups is 3. The van der Waals surface area contributed by atoms with Crippen LogP contribution in [0.25, 0.3) is 6.08 Å². The number of amides is 2. The van der Waals surface area contributed by atoms with Crippen LogP contribution >= 0.6 is 35.0 Å². The zero-order chi connectivity index (χ0) is 21.1. The first-order chi connectivity index (χ1) is 13.7. The number of aliphatic carboxylic acids is 1. The van der Waals surface area contributed by atoms with Crippen LogP contribution in [0.4, 0.5) is 9.18 Å². The smallest absolute Gasteiger partial charge is 0.323 e. The highest BCUT2D eigenvalue weighted by molar-refractivity contribution is 8.18. The van der Waals surface area contributed by atoms with Gasteiger partial charge in [0.25, 0.3) is 11.1 Å². The van der Waals surface area contributed by atoms with E-state index in [1.165, 1.54) is 30.3 Å². The molecule has 10 heteroatoms. The molecule has 0 saturated carbocycles. The van der Waals surface area contributed by atoms with Gasteiger partial charge in [0.2, 0.25) is 0 Å². The summed E-state index contributed by atoms with van der Waals surface area (Å²) in [6.45, 7) is -0.590. The fourth-order valence-corrected chi connectivity index (χ4v) is 3.91. The van der Waals surface area contributed by atoms with E-state index in [0.29, 0.717) is 22.2 Å². The van der Waals surface area contributed by atoms with Gasteiger partial charge in [-0.1, -0.05) is 35.3 Å². The molecule has 2 aromatic carbocycles. The molecule has 1 aliphatic heterocycles. The molecule has 0 atom stereocenters. The summed E-state index contributed by atoms with van der Waals surface area (Å²) in [6.07, 6.45) is 1.40. The molecule has 0 radical (unpaired) electrons. The lowest BCUT2D eigenvalue weighted by atomic mass is 10.2. The highest BCUT2D eigenvalue weighted by atomic mass is 35.5. The van der Waals surface area contributed by atoms with Crippen molar-refractivity contribution in [3.8, 4) is 5.75 Å². The number of imide groups is 1. The Kier molecular flexibility index (Phi) is 6.46. The minimum atomic E-state index is -1.29. The van der Waals surface area contributed by atoms with Crippen molar-refractivity contribution in [3.05, 3.63) is 68.3 Å². The lowest BCUT2D eigenvalue weighted by Crippen LogP contribution is -2.33. The molecule has 1 heterocycles. The van der Waals surface area contributed by atoms with E-state index in [1.807, 2.05) is 0 Å². The summed E-state index contributed by atoms with van der Waals surface area (Å²) in [4.78, 5) is 35.5. The molecule has 150 valence electrons. The Morgan fingerprint density at radius 3 is 2.38 bits per heavy atom. The first-order valence-electron chi connectivity index (χ1n) is 8.08. The largest absolute Gasteiger partial charge is 0.486 e. The quantitative estimate of drug-likeness (QED) is 0.627. The van der Waals surface area contributed by atoms with E-state index in [-0.39, 0.29) is 33.1 Å². The van der Waals surface area contributed by atoms with Gasteiger partial charge in [-0.15, -0.1) is 0 Å². The molecule has 29 heavy (non-hydrogen) atoms. The number of thioether (sulfide) groups is 1. The van der Waals surface area contributed by atoms with Gasteiger partial charge in [-0.05, 0) is 53.2 Å². The molecule has 0 unspecified atom stereocenters. The van der Waals surface area contributed by atoms with Crippen molar-refractivity contribution in [1.29, 1.82) is 0 Å². The lowest BCUT2D eigenvalue weighted by Gasteiger charge is -2.11. The predicted octanol–water partition coefficient (Wildman–Crippen LogP) is 4.83. The Bertz CT molecular complexity index is 1000. The van der Waals surface area contributed by atoms with Crippen molar-refractivity contribution < 1.29 is 28.6 Å². The van der Waals surface area contributed by atoms with Crippen LogP contribution in [0.15, 0.2) is 41.3 Å². The van der Waals surface area contributed by atoms with Gasteiger partial charge in [0.1, 0.15) is 19.0 Å². The molecule has 2 aromatic rings. The van der Waals surface area contributed by atoms with Crippen molar-refractivity contribution in [1.82, 2.24) is 4.90 Å². The fourth-order valence-electron chi connectivity index (χ4n) is 2.46. The second-order valence-corrected chi connectivity index (χ2v) is 7.70. The van der Waals surface area contributed by atoms with Gasteiger partial charge in [0.15, 0.2) is 5.75 Å². The third-order valence-corrected chi connectivity index (χ3v) is 5.25. The zero-order valence-corrected chi connectivity index (χ0v) is 16.9. The van der Waals surface area contributed by atoms with Gasteiger partial charge >= 0.3 is 5.97 Å². The number of hydrogen-bond acceptors (Lipinski definition) is 5. The highest BCUT2D eigenvalue weighted by Gasteiger charge is 2.36. The van der Waals surface area contributed by atoms with Crippen LogP contribution in [0, 0.1) is 5.82 Å². The molecule has 3 rings (SSSR count). The van der Waals surface area contributed by atoms with E-state index in [9.17, 15) is 18.8 Å². The maximum atomic E-state index is 13.0. The zero-order valence-electron chi connectivity index (χ0n) is 14.5. The maximum Gasteiger partial charge on any atom is 0.323 e. The van der Waals surface area contributed by atoms with Crippen LogP contribution in [-0.2, 0) is 16.2 Å². The van der Waals surface area contributed by atoms with Gasteiger partial charge in [-0.3, -0.25) is 19.3 Å². The van der Waals surface area contributed by atoms with Crippen molar-refractivity contribution >= 4 is 58.2 Å². The van der Waals surface area contributed by atoms with Crippen LogP contribution in [0.1, 0.15) is 11.1 Å². The van der Waals surface area contributed by atoms with Gasteiger partial charge in [-0.2, -0.15) is 0 Å². The molecule has 1 fully saturated rings. The van der Waals surface area contributed by atoms with E-state index in [1.54, 1.807) is 12.1 Å².